The van der Waals surface area contributed by atoms with E-state index >= 15 is 0 Å². The first-order chi connectivity index (χ1) is 9.63. The zero-order chi connectivity index (χ0) is 15.0. The molecule has 0 atom stereocenters. The molecule has 20 heavy (non-hydrogen) atoms. The highest BCUT2D eigenvalue weighted by atomic mass is 16.5. The molecule has 2 N–H and O–H groups in total. The fraction of sp³-hybridized carbons (Fsp3) is 0.538. The number of carboxylic acids is 1. The molecule has 0 saturated heterocycles. The van der Waals surface area contributed by atoms with E-state index in [1.807, 2.05) is 13.8 Å². The monoisotopic (exact) mass is 278 g/mol. The zero-order valence-electron chi connectivity index (χ0n) is 11.6. The number of hydrogen-bond acceptors (Lipinski definition) is 6. The van der Waals surface area contributed by atoms with Crippen molar-refractivity contribution < 1.29 is 14.6 Å². The normalized spacial score (nSPS) is 10.1. The van der Waals surface area contributed by atoms with Crippen LogP contribution in [-0.2, 0) is 22.4 Å². The van der Waals surface area contributed by atoms with Gasteiger partial charge in [-0.1, -0.05) is 13.8 Å². The Morgan fingerprint density at radius 1 is 1.40 bits per heavy atom. The molecule has 0 radical (unpaired) electrons. The molecule has 0 aliphatic carbocycles. The molecule has 7 nitrogen and oxygen atoms in total. The van der Waals surface area contributed by atoms with E-state index in [1.165, 1.54) is 0 Å². The molecule has 0 bridgehead atoms. The molecule has 1 heterocycles. The van der Waals surface area contributed by atoms with Crippen molar-refractivity contribution in [1.29, 1.82) is 5.26 Å². The van der Waals surface area contributed by atoms with Crippen LogP contribution in [0, 0.1) is 11.3 Å². The molecule has 0 unspecified atom stereocenters. The first-order valence-electron chi connectivity index (χ1n) is 6.45. The number of hydrogen-bond donors (Lipinski definition) is 2. The number of carboxylic acid groups (broad SMARTS) is 1. The average molecular weight is 278 g/mol. The van der Waals surface area contributed by atoms with Gasteiger partial charge in [0.05, 0.1) is 12.3 Å². The van der Waals surface area contributed by atoms with Gasteiger partial charge in [0.25, 0.3) is 0 Å². The van der Waals surface area contributed by atoms with Crippen molar-refractivity contribution in [2.75, 3.05) is 25.1 Å². The minimum Gasteiger partial charge on any atom is -0.480 e. The highest BCUT2D eigenvalue weighted by Crippen LogP contribution is 2.19. The zero-order valence-corrected chi connectivity index (χ0v) is 11.6. The van der Waals surface area contributed by atoms with Gasteiger partial charge in [-0.3, -0.25) is 0 Å². The van der Waals surface area contributed by atoms with Crippen LogP contribution < -0.4 is 5.32 Å². The molecule has 7 heteroatoms. The summed E-state index contributed by atoms with van der Waals surface area (Å²) < 4.78 is 4.90. The summed E-state index contributed by atoms with van der Waals surface area (Å²) in [4.78, 5) is 10.3. The Morgan fingerprint density at radius 2 is 2.15 bits per heavy atom. The van der Waals surface area contributed by atoms with Gasteiger partial charge in [-0.25, -0.2) is 4.79 Å². The number of nitrogens with zero attached hydrogens (tertiary/aromatic N) is 3. The molecule has 1 aromatic rings. The molecule has 1 rings (SSSR count). The van der Waals surface area contributed by atoms with Crippen LogP contribution in [-0.4, -0.2) is 41.0 Å². The Labute approximate surface area is 117 Å². The second kappa shape index (κ2) is 8.07. The van der Waals surface area contributed by atoms with Crippen LogP contribution in [0.5, 0.6) is 0 Å². The predicted molar refractivity (Wildman–Crippen MR) is 72.4 cm³/mol. The highest BCUT2D eigenvalue weighted by Gasteiger charge is 2.13. The van der Waals surface area contributed by atoms with E-state index in [1.54, 1.807) is 0 Å². The number of nitrogens with one attached hydrogen (secondary N) is 1. The van der Waals surface area contributed by atoms with Crippen LogP contribution >= 0.6 is 0 Å². The van der Waals surface area contributed by atoms with Crippen molar-refractivity contribution in [3.63, 3.8) is 0 Å². The maximum Gasteiger partial charge on any atom is 0.329 e. The lowest BCUT2D eigenvalue weighted by atomic mass is 10.0. The van der Waals surface area contributed by atoms with Crippen LogP contribution in [0.3, 0.4) is 0 Å². The third-order valence-corrected chi connectivity index (χ3v) is 2.72. The number of carbonyl (C=O) groups is 1. The Hall–Kier alpha value is -2.20. The van der Waals surface area contributed by atoms with Crippen LogP contribution in [0.25, 0.3) is 0 Å². The van der Waals surface area contributed by atoms with E-state index in [2.05, 4.69) is 21.6 Å². The van der Waals surface area contributed by atoms with E-state index in [0.717, 1.165) is 17.7 Å². The first kappa shape index (κ1) is 15.9. The number of aliphatic carboxylic acids is 1. The number of aryl methyl sites for hydroxylation is 1. The van der Waals surface area contributed by atoms with Gasteiger partial charge in [-0.2, -0.15) is 10.4 Å². The Balaban J connectivity index is 2.71. The Morgan fingerprint density at radius 3 is 2.70 bits per heavy atom. The summed E-state index contributed by atoms with van der Waals surface area (Å²) in [6.07, 6.45) is 1.44. The molecule has 0 aliphatic heterocycles. The molecule has 0 fully saturated rings. The highest BCUT2D eigenvalue weighted by molar-refractivity contribution is 5.68. The first-order valence-corrected chi connectivity index (χ1v) is 6.45. The Bertz CT molecular complexity index is 511. The summed E-state index contributed by atoms with van der Waals surface area (Å²) in [6, 6.07) is 2.15. The van der Waals surface area contributed by atoms with E-state index in [0.29, 0.717) is 24.3 Å². The van der Waals surface area contributed by atoms with Crippen molar-refractivity contribution in [3.05, 3.63) is 16.8 Å². The third kappa shape index (κ3) is 4.17. The van der Waals surface area contributed by atoms with Gasteiger partial charge in [0, 0.05) is 6.54 Å². The second-order valence-corrected chi connectivity index (χ2v) is 4.04. The molecule has 0 amide bonds. The van der Waals surface area contributed by atoms with Crippen molar-refractivity contribution in [2.24, 2.45) is 0 Å². The minimum atomic E-state index is -1.01. The molecule has 0 spiro atoms. The largest absolute Gasteiger partial charge is 0.480 e. The topological polar surface area (TPSA) is 108 Å². The minimum absolute atomic E-state index is 0.218. The lowest BCUT2D eigenvalue weighted by Crippen LogP contribution is -2.16. The fourth-order valence-electron chi connectivity index (χ4n) is 1.82. The van der Waals surface area contributed by atoms with Crippen molar-refractivity contribution in [2.45, 2.75) is 26.7 Å². The maximum absolute atomic E-state index is 10.3. The van der Waals surface area contributed by atoms with E-state index < -0.39 is 5.97 Å². The van der Waals surface area contributed by atoms with E-state index in [9.17, 15) is 10.1 Å². The average Bonchev–Trinajstić information content (AvgIpc) is 2.45. The molecule has 0 saturated carbocycles. The third-order valence-electron chi connectivity index (χ3n) is 2.72. The SMILES string of the molecule is CCc1nnc(NCCOCC(=O)O)c(C#N)c1CC. The predicted octanol–water partition coefficient (Wildman–Crippen LogP) is 0.986. The summed E-state index contributed by atoms with van der Waals surface area (Å²) in [5.41, 5.74) is 2.23. The van der Waals surface area contributed by atoms with Crippen molar-refractivity contribution >= 4 is 11.8 Å². The van der Waals surface area contributed by atoms with Gasteiger partial charge in [-0.05, 0) is 18.4 Å². The number of nitriles is 1. The van der Waals surface area contributed by atoms with Crippen LogP contribution in [0.1, 0.15) is 30.7 Å². The quantitative estimate of drug-likeness (QED) is 0.682. The maximum atomic E-state index is 10.3. The van der Waals surface area contributed by atoms with Gasteiger partial charge < -0.3 is 15.2 Å². The van der Waals surface area contributed by atoms with Crippen molar-refractivity contribution in [3.8, 4) is 6.07 Å². The van der Waals surface area contributed by atoms with Gasteiger partial charge in [0.2, 0.25) is 0 Å². The van der Waals surface area contributed by atoms with Crippen LogP contribution in [0.4, 0.5) is 5.82 Å². The molecule has 108 valence electrons. The smallest absolute Gasteiger partial charge is 0.329 e. The summed E-state index contributed by atoms with van der Waals surface area (Å²) >= 11 is 0. The van der Waals surface area contributed by atoms with Gasteiger partial charge >= 0.3 is 5.97 Å². The lowest BCUT2D eigenvalue weighted by Gasteiger charge is -2.11. The van der Waals surface area contributed by atoms with Gasteiger partial charge in [-0.15, -0.1) is 5.10 Å². The molecule has 1 aromatic heterocycles. The molecule has 0 aromatic carbocycles. The Kier molecular flexibility index (Phi) is 6.40. The van der Waals surface area contributed by atoms with Gasteiger partial charge in [0.15, 0.2) is 5.82 Å². The molecule has 0 aliphatic rings. The van der Waals surface area contributed by atoms with E-state index in [-0.39, 0.29) is 13.2 Å². The second-order valence-electron chi connectivity index (χ2n) is 4.04. The number of rotatable bonds is 8. The number of aromatic nitrogens is 2. The van der Waals surface area contributed by atoms with Crippen LogP contribution in [0.2, 0.25) is 0 Å². The fourth-order valence-corrected chi connectivity index (χ4v) is 1.82. The van der Waals surface area contributed by atoms with Crippen LogP contribution in [0.15, 0.2) is 0 Å². The summed E-state index contributed by atoms with van der Waals surface area (Å²) in [7, 11) is 0. The lowest BCUT2D eigenvalue weighted by molar-refractivity contribution is -0.142. The summed E-state index contributed by atoms with van der Waals surface area (Å²) in [5, 5.41) is 28.7. The summed E-state index contributed by atoms with van der Waals surface area (Å²) in [5.74, 6) is -0.594. The molecular formula is C13H18N4O3. The number of anilines is 1. The van der Waals surface area contributed by atoms with Crippen molar-refractivity contribution in [1.82, 2.24) is 10.2 Å². The van der Waals surface area contributed by atoms with Gasteiger partial charge in [0.1, 0.15) is 18.2 Å². The molecular weight excluding hydrogens is 260 g/mol. The standard InChI is InChI=1S/C13H18N4O3/c1-3-9-10(7-14)13(17-16-11(9)4-2)15-5-6-20-8-12(18)19/h3-6,8H2,1-2H3,(H,15,17)(H,18,19). The number of ether oxygens (including phenoxy) is 1. The summed E-state index contributed by atoms with van der Waals surface area (Å²) in [6.45, 7) is 4.18. The van der Waals surface area contributed by atoms with E-state index in [4.69, 9.17) is 9.84 Å².